The number of fused-ring (bicyclic) bond motifs is 1. The molecule has 0 aliphatic carbocycles. The zero-order valence-corrected chi connectivity index (χ0v) is 16.3. The zero-order chi connectivity index (χ0) is 19.7. The van der Waals surface area contributed by atoms with Crippen LogP contribution in [-0.4, -0.2) is 46.4 Å². The lowest BCUT2D eigenvalue weighted by Gasteiger charge is -2.39. The number of para-hydroxylation sites is 1. The van der Waals surface area contributed by atoms with Crippen LogP contribution in [0.3, 0.4) is 0 Å². The first-order chi connectivity index (χ1) is 13.4. The Hall–Kier alpha value is -2.94. The van der Waals surface area contributed by atoms with Crippen molar-refractivity contribution in [2.24, 2.45) is 0 Å². The molecular weight excluding hydrogens is 378 g/mol. The number of carbonyl (C=O) groups excluding carboxylic acids is 3. The van der Waals surface area contributed by atoms with Crippen LogP contribution in [0.4, 0.5) is 10.8 Å². The van der Waals surface area contributed by atoms with Gasteiger partial charge < -0.3 is 20.9 Å². The Kier molecular flexibility index (Phi) is 4.76. The molecule has 9 heteroatoms. The minimum atomic E-state index is -0.682. The van der Waals surface area contributed by atoms with Crippen LogP contribution >= 0.6 is 11.3 Å². The largest absolute Gasteiger partial charge is 0.362 e. The molecule has 3 N–H and O–H groups in total. The van der Waals surface area contributed by atoms with Gasteiger partial charge in [0.15, 0.2) is 5.13 Å². The van der Waals surface area contributed by atoms with Gasteiger partial charge in [-0.1, -0.05) is 12.1 Å². The fourth-order valence-corrected chi connectivity index (χ4v) is 4.26. The highest BCUT2D eigenvalue weighted by atomic mass is 32.1. The summed E-state index contributed by atoms with van der Waals surface area (Å²) < 4.78 is 0. The van der Waals surface area contributed by atoms with Gasteiger partial charge in [0.2, 0.25) is 11.8 Å². The van der Waals surface area contributed by atoms with E-state index < -0.39 is 5.66 Å². The molecule has 146 valence electrons. The number of anilines is 2. The van der Waals surface area contributed by atoms with Crippen molar-refractivity contribution < 1.29 is 14.4 Å². The van der Waals surface area contributed by atoms with Gasteiger partial charge in [0.1, 0.15) is 5.66 Å². The zero-order valence-electron chi connectivity index (χ0n) is 15.4. The van der Waals surface area contributed by atoms with E-state index in [1.807, 2.05) is 25.1 Å². The van der Waals surface area contributed by atoms with Gasteiger partial charge in [-0.25, -0.2) is 4.98 Å². The molecule has 8 nitrogen and oxygen atoms in total. The summed E-state index contributed by atoms with van der Waals surface area (Å²) in [5.41, 5.74) is 0.682. The Morgan fingerprint density at radius 2 is 2.11 bits per heavy atom. The Morgan fingerprint density at radius 1 is 1.29 bits per heavy atom. The van der Waals surface area contributed by atoms with E-state index in [2.05, 4.69) is 20.9 Å². The number of rotatable bonds is 3. The number of nitrogens with zero attached hydrogens (tertiary/aromatic N) is 2. The minimum Gasteiger partial charge on any atom is -0.362 e. The second kappa shape index (κ2) is 7.23. The molecular formula is C19H21N5O3S. The predicted molar refractivity (Wildman–Crippen MR) is 106 cm³/mol. The van der Waals surface area contributed by atoms with E-state index in [0.717, 1.165) is 10.6 Å². The third-order valence-electron chi connectivity index (χ3n) is 5.03. The van der Waals surface area contributed by atoms with Gasteiger partial charge in [0, 0.05) is 36.1 Å². The first-order valence-corrected chi connectivity index (χ1v) is 9.96. The number of benzene rings is 1. The Balaban J connectivity index is 1.43. The molecule has 1 atom stereocenters. The number of aromatic nitrogens is 1. The van der Waals surface area contributed by atoms with Gasteiger partial charge in [-0.2, -0.15) is 0 Å². The predicted octanol–water partition coefficient (Wildman–Crippen LogP) is 1.95. The normalized spacial score (nSPS) is 21.5. The number of likely N-dealkylation sites (tertiary alicyclic amines) is 1. The lowest BCUT2D eigenvalue weighted by atomic mass is 9.95. The molecule has 0 unspecified atom stereocenters. The minimum absolute atomic E-state index is 0.0297. The van der Waals surface area contributed by atoms with E-state index in [1.54, 1.807) is 17.2 Å². The van der Waals surface area contributed by atoms with Crippen LogP contribution in [0.1, 0.15) is 34.5 Å². The first kappa shape index (κ1) is 18.4. The number of hydrogen-bond acceptors (Lipinski definition) is 6. The Bertz CT molecular complexity index is 943. The van der Waals surface area contributed by atoms with Crippen LogP contribution in [0.5, 0.6) is 0 Å². The highest BCUT2D eigenvalue weighted by Gasteiger charge is 2.40. The molecule has 2 aliphatic heterocycles. The Morgan fingerprint density at radius 3 is 2.89 bits per heavy atom. The van der Waals surface area contributed by atoms with Crippen molar-refractivity contribution in [1.82, 2.24) is 15.2 Å². The molecule has 1 fully saturated rings. The second-order valence-electron chi connectivity index (χ2n) is 7.10. The molecule has 1 saturated heterocycles. The van der Waals surface area contributed by atoms with Crippen LogP contribution in [0.2, 0.25) is 0 Å². The summed E-state index contributed by atoms with van der Waals surface area (Å²) >= 11 is 1.39. The van der Waals surface area contributed by atoms with Crippen molar-refractivity contribution in [1.29, 1.82) is 0 Å². The van der Waals surface area contributed by atoms with Crippen molar-refractivity contribution in [2.75, 3.05) is 23.7 Å². The number of amides is 3. The lowest BCUT2D eigenvalue weighted by Crippen LogP contribution is -2.58. The number of carbonyl (C=O) groups is 3. The van der Waals surface area contributed by atoms with Crippen molar-refractivity contribution in [3.8, 4) is 0 Å². The summed E-state index contributed by atoms with van der Waals surface area (Å²) in [4.78, 5) is 44.0. The average Bonchev–Trinajstić information content (AvgIpc) is 3.01. The van der Waals surface area contributed by atoms with E-state index in [1.165, 1.54) is 11.3 Å². The molecule has 1 spiro atoms. The maximum Gasteiger partial charge on any atom is 0.255 e. The topological polar surface area (TPSA) is 103 Å². The van der Waals surface area contributed by atoms with E-state index in [0.29, 0.717) is 30.1 Å². The van der Waals surface area contributed by atoms with Crippen molar-refractivity contribution in [3.05, 3.63) is 40.9 Å². The van der Waals surface area contributed by atoms with Gasteiger partial charge in [0.25, 0.3) is 5.91 Å². The molecule has 3 amide bonds. The average molecular weight is 399 g/mol. The monoisotopic (exact) mass is 399 g/mol. The molecule has 0 bridgehead atoms. The summed E-state index contributed by atoms with van der Waals surface area (Å²) in [6, 6.07) is 7.32. The van der Waals surface area contributed by atoms with Crippen LogP contribution < -0.4 is 16.0 Å². The fraction of sp³-hybridized carbons (Fsp3) is 0.368. The third kappa shape index (κ3) is 3.70. The molecule has 0 radical (unpaired) electrons. The maximum absolute atomic E-state index is 12.6. The first-order valence-electron chi connectivity index (χ1n) is 9.14. The van der Waals surface area contributed by atoms with Crippen LogP contribution in [0, 0.1) is 6.92 Å². The molecule has 1 aromatic heterocycles. The number of nitrogens with one attached hydrogen (secondary N) is 3. The Labute approximate surface area is 166 Å². The fourth-order valence-electron chi connectivity index (χ4n) is 3.58. The summed E-state index contributed by atoms with van der Waals surface area (Å²) in [7, 11) is 0. The van der Waals surface area contributed by atoms with E-state index in [4.69, 9.17) is 0 Å². The number of thiazole rings is 1. The number of hydrogen-bond donors (Lipinski definition) is 3. The molecule has 0 saturated carbocycles. The van der Waals surface area contributed by atoms with E-state index in [-0.39, 0.29) is 30.7 Å². The molecule has 2 aliphatic rings. The summed E-state index contributed by atoms with van der Waals surface area (Å²) in [5, 5.41) is 9.69. The molecule has 3 heterocycles. The highest BCUT2D eigenvalue weighted by molar-refractivity contribution is 7.15. The van der Waals surface area contributed by atoms with Gasteiger partial charge in [-0.05, 0) is 25.5 Å². The van der Waals surface area contributed by atoms with Crippen molar-refractivity contribution >= 4 is 39.9 Å². The van der Waals surface area contributed by atoms with Crippen molar-refractivity contribution in [2.45, 2.75) is 31.8 Å². The summed E-state index contributed by atoms with van der Waals surface area (Å²) in [6.45, 7) is 2.26. The van der Waals surface area contributed by atoms with Crippen LogP contribution in [-0.2, 0) is 9.59 Å². The summed E-state index contributed by atoms with van der Waals surface area (Å²) in [6.07, 6.45) is 2.92. The van der Waals surface area contributed by atoms with E-state index in [9.17, 15) is 14.4 Å². The second-order valence-corrected chi connectivity index (χ2v) is 8.33. The van der Waals surface area contributed by atoms with Gasteiger partial charge >= 0.3 is 0 Å². The maximum atomic E-state index is 12.6. The quantitative estimate of drug-likeness (QED) is 0.732. The van der Waals surface area contributed by atoms with E-state index >= 15 is 0 Å². The molecule has 2 aromatic rings. The van der Waals surface area contributed by atoms with Crippen LogP contribution in [0.15, 0.2) is 30.5 Å². The van der Waals surface area contributed by atoms with Gasteiger partial charge in [0.05, 0.1) is 12.1 Å². The van der Waals surface area contributed by atoms with Gasteiger partial charge in [-0.3, -0.25) is 14.4 Å². The molecule has 28 heavy (non-hydrogen) atoms. The SMILES string of the molecule is Cc1cnc(NC(=O)CN2CC[C@@]3(CCC2=O)NC(=O)c2ccccc2N3)s1. The number of aryl methyl sites for hydroxylation is 1. The van der Waals surface area contributed by atoms with Crippen molar-refractivity contribution in [3.63, 3.8) is 0 Å². The van der Waals surface area contributed by atoms with Gasteiger partial charge in [-0.15, -0.1) is 11.3 Å². The molecule has 1 aromatic carbocycles. The summed E-state index contributed by atoms with van der Waals surface area (Å²) in [5.74, 6) is -0.519. The van der Waals surface area contributed by atoms with Crippen LogP contribution in [0.25, 0.3) is 0 Å². The third-order valence-corrected chi connectivity index (χ3v) is 5.86. The highest BCUT2D eigenvalue weighted by Crippen LogP contribution is 2.31. The standard InChI is InChI=1S/C19H21N5O3S/c1-12-10-20-18(28-12)21-15(25)11-24-9-8-19(7-6-16(24)26)22-14-5-3-2-4-13(14)17(27)23-19/h2-5,10,22H,6-9,11H2,1H3,(H,23,27)(H,20,21,25)/t19-/m1/s1. The lowest BCUT2D eigenvalue weighted by molar-refractivity contribution is -0.134. The smallest absolute Gasteiger partial charge is 0.255 e. The molecule has 4 rings (SSSR count).